The number of carbonyl (C=O) groups excluding carboxylic acids is 1. The average Bonchev–Trinajstić information content (AvgIpc) is 2.84. The lowest BCUT2D eigenvalue weighted by Gasteiger charge is -2.58. The minimum atomic E-state index is -2.12. The number of fused-ring (bicyclic) bond motifs is 1. The second-order valence-corrected chi connectivity index (χ2v) is 24.0. The Morgan fingerprint density at radius 1 is 1.00 bits per heavy atom. The molecule has 6 atom stereocenters. The summed E-state index contributed by atoms with van der Waals surface area (Å²) in [6.07, 6.45) is 1.04. The third kappa shape index (κ3) is 6.57. The highest BCUT2D eigenvalue weighted by Gasteiger charge is 2.66. The molecule has 1 aromatic carbocycles. The van der Waals surface area contributed by atoms with Crippen molar-refractivity contribution in [2.45, 2.75) is 115 Å². The van der Waals surface area contributed by atoms with E-state index in [0.717, 1.165) is 12.2 Å². The topological polar surface area (TPSA) is 54.0 Å². The molecule has 0 saturated heterocycles. The average molecular weight is 573 g/mol. The number of ketones is 1. The van der Waals surface area contributed by atoms with Crippen molar-refractivity contribution in [3.05, 3.63) is 30.3 Å². The molecule has 5 nitrogen and oxygen atoms in total. The molecule has 0 N–H and O–H groups in total. The van der Waals surface area contributed by atoms with E-state index in [1.54, 1.807) is 7.11 Å². The molecule has 0 radical (unpaired) electrons. The van der Waals surface area contributed by atoms with Gasteiger partial charge in [0.25, 0.3) is 0 Å². The van der Waals surface area contributed by atoms with Crippen LogP contribution >= 0.6 is 0 Å². The molecule has 0 bridgehead atoms. The molecular weight excluding hydrogens is 521 g/mol. The molecule has 2 aliphatic carbocycles. The van der Waals surface area contributed by atoms with Crippen LogP contribution in [0.1, 0.15) is 61.3 Å². The van der Waals surface area contributed by atoms with Crippen LogP contribution in [0.3, 0.4) is 0 Å². The number of hydrogen-bond donors (Lipinski definition) is 0. The summed E-state index contributed by atoms with van der Waals surface area (Å²) < 4.78 is 25.9. The van der Waals surface area contributed by atoms with Gasteiger partial charge in [-0.1, -0.05) is 78.5 Å². The van der Waals surface area contributed by atoms with Gasteiger partial charge in [-0.25, -0.2) is 0 Å². The van der Waals surface area contributed by atoms with E-state index in [9.17, 15) is 4.79 Å². The zero-order valence-electron chi connectivity index (χ0n) is 26.4. The van der Waals surface area contributed by atoms with Crippen molar-refractivity contribution >= 4 is 22.4 Å². The number of hydrogen-bond acceptors (Lipinski definition) is 5. The van der Waals surface area contributed by atoms with Crippen molar-refractivity contribution in [1.29, 1.82) is 0 Å². The van der Waals surface area contributed by atoms with Gasteiger partial charge in [0.15, 0.2) is 22.4 Å². The first kappa shape index (κ1) is 32.1. The predicted molar refractivity (Wildman–Crippen MR) is 164 cm³/mol. The lowest BCUT2D eigenvalue weighted by atomic mass is 9.50. The van der Waals surface area contributed by atoms with Crippen LogP contribution < -0.4 is 4.74 Å². The molecule has 1 aromatic rings. The van der Waals surface area contributed by atoms with Crippen LogP contribution in [0.25, 0.3) is 0 Å². The fourth-order valence-electron chi connectivity index (χ4n) is 5.40. The Labute approximate surface area is 240 Å². The van der Waals surface area contributed by atoms with Crippen LogP contribution in [0, 0.1) is 29.6 Å². The Kier molecular flexibility index (Phi) is 9.42. The van der Waals surface area contributed by atoms with Gasteiger partial charge in [0.05, 0.1) is 12.0 Å². The molecule has 1 unspecified atom stereocenters. The lowest BCUT2D eigenvalue weighted by molar-refractivity contribution is -0.204. The standard InChI is InChI=1S/C32H52O5Si2/c1-23-28-26(27(37-39(11,12)31(5,6)7)20-21-32(28,34-8)29(23)33)19-18-25(36-38(9,10)30(2,3)4)22-35-24-16-14-13-15-17-24/h13-17,23,25-28H,20-22H2,1-12H3/t23?,25-,26+,27-,28-,32-/m1/s1. The predicted octanol–water partition coefficient (Wildman–Crippen LogP) is 7.48. The molecule has 0 aromatic heterocycles. The smallest absolute Gasteiger partial charge is 0.193 e. The summed E-state index contributed by atoms with van der Waals surface area (Å²) in [7, 11) is -2.50. The van der Waals surface area contributed by atoms with Gasteiger partial charge in [0.2, 0.25) is 0 Å². The first-order valence-electron chi connectivity index (χ1n) is 14.5. The zero-order valence-corrected chi connectivity index (χ0v) is 28.4. The monoisotopic (exact) mass is 572 g/mol. The summed E-state index contributed by atoms with van der Waals surface area (Å²) >= 11 is 0. The Bertz CT molecular complexity index is 1060. The molecule has 0 amide bonds. The van der Waals surface area contributed by atoms with Crippen LogP contribution in [0.15, 0.2) is 30.3 Å². The number of methoxy groups -OCH3 is 1. The Hall–Kier alpha value is -1.44. The molecule has 0 heterocycles. The van der Waals surface area contributed by atoms with E-state index in [1.807, 2.05) is 37.3 Å². The third-order valence-corrected chi connectivity index (χ3v) is 18.9. The van der Waals surface area contributed by atoms with E-state index in [2.05, 4.69) is 79.6 Å². The first-order chi connectivity index (χ1) is 17.9. The van der Waals surface area contributed by atoms with Gasteiger partial charge in [0, 0.05) is 18.9 Å². The van der Waals surface area contributed by atoms with E-state index in [-0.39, 0.29) is 45.8 Å². The molecular formula is C32H52O5Si2. The zero-order chi connectivity index (χ0) is 29.4. The van der Waals surface area contributed by atoms with Gasteiger partial charge in [-0.05, 0) is 61.2 Å². The number of rotatable bonds is 8. The summed E-state index contributed by atoms with van der Waals surface area (Å²) in [4.78, 5) is 13.1. The molecule has 0 spiro atoms. The molecule has 3 rings (SSSR count). The molecule has 2 fully saturated rings. The van der Waals surface area contributed by atoms with Crippen LogP contribution in [-0.2, 0) is 18.4 Å². The van der Waals surface area contributed by atoms with Crippen molar-refractivity contribution in [3.63, 3.8) is 0 Å². The molecule has 2 saturated carbocycles. The fraction of sp³-hybridized carbons (Fsp3) is 0.719. The highest BCUT2D eigenvalue weighted by atomic mass is 28.4. The van der Waals surface area contributed by atoms with E-state index >= 15 is 0 Å². The van der Waals surface area contributed by atoms with Gasteiger partial charge in [-0.15, -0.1) is 0 Å². The molecule has 0 aliphatic heterocycles. The van der Waals surface area contributed by atoms with E-state index in [4.69, 9.17) is 18.3 Å². The van der Waals surface area contributed by atoms with Crippen LogP contribution in [0.2, 0.25) is 36.3 Å². The summed E-state index contributed by atoms with van der Waals surface area (Å²) in [5.41, 5.74) is -0.748. The van der Waals surface area contributed by atoms with E-state index in [0.29, 0.717) is 13.0 Å². The lowest BCUT2D eigenvalue weighted by Crippen LogP contribution is -2.70. The maximum Gasteiger partial charge on any atom is 0.193 e. The largest absolute Gasteiger partial charge is 0.490 e. The number of Topliss-reactive ketones (excluding diaryl/α,β-unsaturated/α-hetero) is 1. The number of benzene rings is 1. The van der Waals surface area contributed by atoms with Gasteiger partial charge < -0.3 is 18.3 Å². The molecule has 39 heavy (non-hydrogen) atoms. The van der Waals surface area contributed by atoms with E-state index in [1.165, 1.54) is 0 Å². The Morgan fingerprint density at radius 3 is 2.13 bits per heavy atom. The van der Waals surface area contributed by atoms with Gasteiger partial charge in [-0.3, -0.25) is 4.79 Å². The molecule has 2 aliphatic rings. The van der Waals surface area contributed by atoms with Crippen LogP contribution in [0.4, 0.5) is 0 Å². The van der Waals surface area contributed by atoms with Crippen molar-refractivity contribution in [2.24, 2.45) is 17.8 Å². The number of carbonyl (C=O) groups is 1. The van der Waals surface area contributed by atoms with Gasteiger partial charge in [0.1, 0.15) is 24.1 Å². The minimum Gasteiger partial charge on any atom is -0.490 e. The van der Waals surface area contributed by atoms with Crippen molar-refractivity contribution in [1.82, 2.24) is 0 Å². The highest BCUT2D eigenvalue weighted by Crippen LogP contribution is 2.55. The summed E-state index contributed by atoms with van der Waals surface area (Å²) in [6, 6.07) is 9.82. The number of ether oxygens (including phenoxy) is 2. The Balaban J connectivity index is 1.98. The van der Waals surface area contributed by atoms with Gasteiger partial charge in [-0.2, -0.15) is 0 Å². The van der Waals surface area contributed by atoms with Crippen LogP contribution in [-0.4, -0.2) is 53.9 Å². The third-order valence-electron chi connectivity index (χ3n) is 9.91. The van der Waals surface area contributed by atoms with Crippen molar-refractivity contribution in [3.8, 4) is 17.6 Å². The quantitative estimate of drug-likeness (QED) is 0.239. The Morgan fingerprint density at radius 2 is 1.59 bits per heavy atom. The van der Waals surface area contributed by atoms with E-state index < -0.39 is 22.2 Å². The van der Waals surface area contributed by atoms with Crippen molar-refractivity contribution < 1.29 is 23.1 Å². The maximum atomic E-state index is 13.1. The minimum absolute atomic E-state index is 0.00887. The second-order valence-electron chi connectivity index (χ2n) is 14.5. The fourth-order valence-corrected chi connectivity index (χ4v) is 7.97. The summed E-state index contributed by atoms with van der Waals surface area (Å²) in [6.45, 7) is 25.0. The second kappa shape index (κ2) is 11.4. The maximum absolute atomic E-state index is 13.1. The van der Waals surface area contributed by atoms with Crippen molar-refractivity contribution in [2.75, 3.05) is 13.7 Å². The van der Waals surface area contributed by atoms with Gasteiger partial charge >= 0.3 is 0 Å². The molecule has 218 valence electrons. The van der Waals surface area contributed by atoms with Crippen LogP contribution in [0.5, 0.6) is 5.75 Å². The molecule has 7 heteroatoms. The first-order valence-corrected chi connectivity index (χ1v) is 20.3. The highest BCUT2D eigenvalue weighted by molar-refractivity contribution is 6.74. The summed E-state index contributed by atoms with van der Waals surface area (Å²) in [5, 5.41) is 0.123. The normalized spacial score (nSPS) is 28.6. The number of para-hydroxylation sites is 1. The SMILES string of the molecule is CO[C@]12CC[C@@H](O[Si](C)(C)C(C)(C)C)[C@H](C#C[C@H](COc3ccccc3)O[Si](C)(C)C(C)(C)C)[C@H]1C(C)C2=O. The summed E-state index contributed by atoms with van der Waals surface area (Å²) in [5.74, 6) is 7.94.